The monoisotopic (exact) mass is 802 g/mol. The van der Waals surface area contributed by atoms with Gasteiger partial charge in [-0.15, -0.1) is 0 Å². The summed E-state index contributed by atoms with van der Waals surface area (Å²) in [7, 11) is 1.13. The second-order valence-electron chi connectivity index (χ2n) is 11.1. The Morgan fingerprint density at radius 2 is 1.31 bits per heavy atom. The van der Waals surface area contributed by atoms with E-state index in [-0.39, 0.29) is 128 Å². The summed E-state index contributed by atoms with van der Waals surface area (Å²) in [4.78, 5) is 11.8. The SMILES string of the molecule is COc1cc(C)c(S(=O)(=O)Cl)c(C)c1.COc1cc(C)c(S(=O)(=O)N2CCCCC2CO)c(C)c1.O=CO[O-].OCC1CCCCN1.[H-].[K+].[K+]. The Labute approximate surface area is 382 Å². The summed E-state index contributed by atoms with van der Waals surface area (Å²) in [6, 6.07) is 6.83. The number of hydrogen-bond acceptors (Lipinski definition) is 12. The fourth-order valence-electron chi connectivity index (χ4n) is 5.52. The largest absolute Gasteiger partial charge is 1.00 e. The second-order valence-corrected chi connectivity index (χ2v) is 15.4. The molecule has 13 nitrogen and oxygen atoms in total. The molecule has 2 aliphatic rings. The van der Waals surface area contributed by atoms with Gasteiger partial charge < -0.3 is 36.6 Å². The number of carbonyl (C=O) groups excluding carboxylic acids is 1. The van der Waals surface area contributed by atoms with Crippen molar-refractivity contribution in [3.05, 3.63) is 46.5 Å². The second kappa shape index (κ2) is 26.5. The van der Waals surface area contributed by atoms with Crippen LogP contribution in [0.4, 0.5) is 0 Å². The zero-order valence-electron chi connectivity index (χ0n) is 30.8. The van der Waals surface area contributed by atoms with Gasteiger partial charge in [-0.1, -0.05) is 12.8 Å². The Kier molecular flexibility index (Phi) is 28.1. The number of sulfonamides is 1. The molecule has 4 rings (SSSR count). The molecule has 2 unspecified atom stereocenters. The Morgan fingerprint density at radius 1 is 0.857 bits per heavy atom. The summed E-state index contributed by atoms with van der Waals surface area (Å²) in [5.74, 6) is 1.28. The van der Waals surface area contributed by atoms with Crippen molar-refractivity contribution >= 4 is 36.2 Å². The Morgan fingerprint density at radius 3 is 1.63 bits per heavy atom. The minimum Gasteiger partial charge on any atom is -1.00 e. The molecule has 2 aromatic carbocycles. The van der Waals surface area contributed by atoms with E-state index in [0.29, 0.717) is 64.3 Å². The summed E-state index contributed by atoms with van der Waals surface area (Å²) < 4.78 is 60.0. The Bertz CT molecular complexity index is 1460. The van der Waals surface area contributed by atoms with E-state index in [1.807, 2.05) is 0 Å². The van der Waals surface area contributed by atoms with Gasteiger partial charge in [0.1, 0.15) is 11.5 Å². The Balaban J connectivity index is -0.000000660. The van der Waals surface area contributed by atoms with Gasteiger partial charge in [-0.2, -0.15) is 4.31 Å². The molecule has 0 spiro atoms. The first-order chi connectivity index (χ1) is 22.1. The number of ether oxygens (including phenoxy) is 2. The molecular weight excluding hydrogens is 754 g/mol. The maximum Gasteiger partial charge on any atom is 1.00 e. The van der Waals surface area contributed by atoms with E-state index in [4.69, 9.17) is 35.3 Å². The summed E-state index contributed by atoms with van der Waals surface area (Å²) in [5.41, 5.74) is 2.54. The first-order valence-corrected chi connectivity index (χ1v) is 18.8. The van der Waals surface area contributed by atoms with Gasteiger partial charge in [-0.05, 0) is 106 Å². The molecule has 2 aliphatic heterocycles. The summed E-state index contributed by atoms with van der Waals surface area (Å²) in [6.45, 7) is 8.48. The molecule has 0 radical (unpaired) electrons. The van der Waals surface area contributed by atoms with Gasteiger partial charge in [0.25, 0.3) is 15.5 Å². The number of halogens is 1. The third kappa shape index (κ3) is 17.2. The van der Waals surface area contributed by atoms with Crippen LogP contribution in [-0.4, -0.2) is 90.4 Å². The molecule has 2 fully saturated rings. The minimum absolute atomic E-state index is 0. The van der Waals surface area contributed by atoms with E-state index in [2.05, 4.69) is 10.2 Å². The van der Waals surface area contributed by atoms with Crippen LogP contribution in [-0.2, 0) is 28.8 Å². The molecule has 3 N–H and O–H groups in total. The molecule has 0 amide bonds. The third-order valence-corrected chi connectivity index (χ3v) is 11.5. The normalized spacial score (nSPS) is 17.4. The number of hydrogen-bond donors (Lipinski definition) is 3. The van der Waals surface area contributed by atoms with Crippen molar-refractivity contribution in [3.63, 3.8) is 0 Å². The summed E-state index contributed by atoms with van der Waals surface area (Å²) in [5, 5.41) is 29.7. The predicted octanol–water partition coefficient (Wildman–Crippen LogP) is -3.24. The minimum atomic E-state index is -3.67. The van der Waals surface area contributed by atoms with Gasteiger partial charge in [-0.25, -0.2) is 16.8 Å². The first kappa shape index (κ1) is 51.9. The predicted molar refractivity (Wildman–Crippen MR) is 178 cm³/mol. The zero-order chi connectivity index (χ0) is 35.8. The number of aliphatic hydroxyl groups is 2. The van der Waals surface area contributed by atoms with Crippen LogP contribution in [0.3, 0.4) is 0 Å². The molecule has 2 atom stereocenters. The van der Waals surface area contributed by atoms with Crippen LogP contribution in [0.15, 0.2) is 34.1 Å². The maximum absolute atomic E-state index is 13.0. The van der Waals surface area contributed by atoms with Crippen molar-refractivity contribution in [1.29, 1.82) is 0 Å². The van der Waals surface area contributed by atoms with Crippen LogP contribution in [0, 0.1) is 27.7 Å². The molecule has 2 aromatic rings. The fourth-order valence-corrected chi connectivity index (χ4v) is 9.24. The van der Waals surface area contributed by atoms with E-state index in [1.165, 1.54) is 24.3 Å². The number of nitrogens with zero attached hydrogens (tertiary/aromatic N) is 1. The molecule has 0 bridgehead atoms. The van der Waals surface area contributed by atoms with Gasteiger partial charge in [0.05, 0.1) is 37.2 Å². The van der Waals surface area contributed by atoms with E-state index in [9.17, 15) is 21.9 Å². The summed E-state index contributed by atoms with van der Waals surface area (Å²) in [6.07, 6.45) is 6.21. The number of rotatable bonds is 8. The molecule has 0 saturated carbocycles. The third-order valence-electron chi connectivity index (χ3n) is 7.61. The smallest absolute Gasteiger partial charge is 1.00 e. The standard InChI is InChI=1S/C15H23NO4S.C9H11ClO3S.C6H13NO.CH2O3.2K.H/c1-11-8-14(20-3)9-12(2)15(11)21(18,19)16-7-5-4-6-13(16)10-17;1-6-4-8(13-3)5-7(2)9(6)14(10,11)12;8-5-6-3-1-2-4-7-6;2-1-4-3;;;/h8-9,13,17H,4-7,10H2,1-3H3;4-5H,1-3H3;6-8H,1-5H2;1,3H;;;/q;;;;2*+1;-1/p-1. The van der Waals surface area contributed by atoms with Gasteiger partial charge in [-0.3, -0.25) is 4.79 Å². The fraction of sp³-hybridized carbons (Fsp3) is 0.581. The topological polar surface area (TPSA) is 192 Å². The van der Waals surface area contributed by atoms with Crippen molar-refractivity contribution in [2.24, 2.45) is 0 Å². The number of nitrogens with one attached hydrogen (secondary N) is 1. The molecular formula is C31H49ClK2N2O11S2. The zero-order valence-corrected chi connectivity index (χ0v) is 38.5. The van der Waals surface area contributed by atoms with Gasteiger partial charge >= 0.3 is 103 Å². The molecule has 270 valence electrons. The molecule has 2 saturated heterocycles. The van der Waals surface area contributed by atoms with E-state index in [1.54, 1.807) is 59.1 Å². The van der Waals surface area contributed by atoms with Crippen LogP contribution in [0.5, 0.6) is 11.5 Å². The van der Waals surface area contributed by atoms with E-state index >= 15 is 0 Å². The van der Waals surface area contributed by atoms with Crippen molar-refractivity contribution < 1.29 is 156 Å². The van der Waals surface area contributed by atoms with Crippen LogP contribution in [0.1, 0.15) is 62.2 Å². The van der Waals surface area contributed by atoms with Crippen LogP contribution < -0.4 is 123 Å². The number of carbonyl (C=O) groups is 1. The van der Waals surface area contributed by atoms with Crippen molar-refractivity contribution in [1.82, 2.24) is 9.62 Å². The van der Waals surface area contributed by atoms with E-state index in [0.717, 1.165) is 25.8 Å². The quantitative estimate of drug-likeness (QED) is 0.0797. The molecule has 18 heteroatoms. The van der Waals surface area contributed by atoms with Crippen LogP contribution >= 0.6 is 10.7 Å². The van der Waals surface area contributed by atoms with E-state index < -0.39 is 19.1 Å². The number of aryl methyl sites for hydroxylation is 4. The maximum atomic E-state index is 13.0. The number of benzene rings is 2. The van der Waals surface area contributed by atoms with Crippen LogP contribution in [0.2, 0.25) is 0 Å². The summed E-state index contributed by atoms with van der Waals surface area (Å²) >= 11 is 0. The van der Waals surface area contributed by atoms with Crippen molar-refractivity contribution in [2.45, 2.75) is 88.1 Å². The van der Waals surface area contributed by atoms with Gasteiger partial charge in [0.15, 0.2) is 0 Å². The Hall–Kier alpha value is 0.773. The average molecular weight is 804 g/mol. The molecule has 49 heavy (non-hydrogen) atoms. The average Bonchev–Trinajstić information content (AvgIpc) is 3.04. The molecule has 0 aromatic heterocycles. The van der Waals surface area contributed by atoms with Gasteiger partial charge in [0.2, 0.25) is 10.0 Å². The van der Waals surface area contributed by atoms with Crippen molar-refractivity contribution in [3.8, 4) is 11.5 Å². The number of aliphatic hydroxyl groups excluding tert-OH is 2. The van der Waals surface area contributed by atoms with Gasteiger partial charge in [0, 0.05) is 29.3 Å². The molecule has 2 heterocycles. The van der Waals surface area contributed by atoms with Crippen LogP contribution in [0.25, 0.3) is 0 Å². The number of piperidine rings is 2. The van der Waals surface area contributed by atoms with Crippen molar-refractivity contribution in [2.75, 3.05) is 40.5 Å². The molecule has 0 aliphatic carbocycles. The first-order valence-electron chi connectivity index (χ1n) is 15.1. The number of methoxy groups -OCH3 is 2.